The lowest BCUT2D eigenvalue weighted by Gasteiger charge is -2.17. The minimum Gasteiger partial charge on any atom is -0.432 e. The Hall–Kier alpha value is -0.910. The van der Waals surface area contributed by atoms with Crippen LogP contribution in [0.1, 0.15) is 19.8 Å². The summed E-state index contributed by atoms with van der Waals surface area (Å²) in [5.41, 5.74) is 0.289. The monoisotopic (exact) mass is 218 g/mol. The van der Waals surface area contributed by atoms with Gasteiger partial charge >= 0.3 is 5.97 Å². The summed E-state index contributed by atoms with van der Waals surface area (Å²) in [6.45, 7) is 4.94. The average molecular weight is 218 g/mol. The van der Waals surface area contributed by atoms with Crippen molar-refractivity contribution in [1.29, 1.82) is 0 Å². The van der Waals surface area contributed by atoms with Crippen molar-refractivity contribution >= 4 is 5.97 Å². The van der Waals surface area contributed by atoms with Crippen LogP contribution >= 0.6 is 0 Å². The van der Waals surface area contributed by atoms with Gasteiger partial charge in [-0.3, -0.25) is 0 Å². The van der Waals surface area contributed by atoms with E-state index < -0.39 is 12.3 Å². The predicted octanol–water partition coefficient (Wildman–Crippen LogP) is 0.213. The topological polar surface area (TPSA) is 76.0 Å². The number of carbonyl (C=O) groups is 1. The van der Waals surface area contributed by atoms with Gasteiger partial charge in [0.15, 0.2) is 0 Å². The van der Waals surface area contributed by atoms with E-state index in [1.807, 2.05) is 0 Å². The minimum absolute atomic E-state index is 0.00358. The molecule has 0 fully saturated rings. The van der Waals surface area contributed by atoms with Crippen LogP contribution in [0, 0.1) is 0 Å². The lowest BCUT2D eigenvalue weighted by Crippen LogP contribution is -2.23. The van der Waals surface area contributed by atoms with Gasteiger partial charge in [-0.2, -0.15) is 0 Å². The smallest absolute Gasteiger partial charge is 0.335 e. The summed E-state index contributed by atoms with van der Waals surface area (Å²) in [6.07, 6.45) is 0.142. The summed E-state index contributed by atoms with van der Waals surface area (Å²) in [4.78, 5) is 11.2. The molecule has 5 heteroatoms. The Bertz CT molecular complexity index is 194. The molecule has 0 amide bonds. The molecule has 0 saturated carbocycles. The number of hydrogen-bond acceptors (Lipinski definition) is 5. The standard InChI is InChI=1S/C10H18O5/c1-8(2)10(13)15-9(4-3-5-11)14-7-6-12/h9,11-12H,1,3-7H2,2H3. The Labute approximate surface area is 89.3 Å². The highest BCUT2D eigenvalue weighted by molar-refractivity contribution is 5.86. The molecule has 15 heavy (non-hydrogen) atoms. The molecule has 0 heterocycles. The zero-order valence-electron chi connectivity index (χ0n) is 8.94. The zero-order valence-corrected chi connectivity index (χ0v) is 8.94. The van der Waals surface area contributed by atoms with Gasteiger partial charge in [0.05, 0.1) is 13.2 Å². The summed E-state index contributed by atoms with van der Waals surface area (Å²) in [7, 11) is 0. The maximum Gasteiger partial charge on any atom is 0.335 e. The molecular formula is C10H18O5. The highest BCUT2D eigenvalue weighted by Gasteiger charge is 2.14. The molecule has 0 aliphatic rings. The van der Waals surface area contributed by atoms with Gasteiger partial charge < -0.3 is 19.7 Å². The van der Waals surface area contributed by atoms with Crippen molar-refractivity contribution in [2.24, 2.45) is 0 Å². The van der Waals surface area contributed by atoms with Gasteiger partial charge in [-0.05, 0) is 13.3 Å². The number of aliphatic hydroxyl groups excluding tert-OH is 2. The maximum atomic E-state index is 11.2. The normalized spacial score (nSPS) is 12.2. The molecule has 0 aromatic carbocycles. The summed E-state index contributed by atoms with van der Waals surface area (Å²) < 4.78 is 10.0. The van der Waals surface area contributed by atoms with Gasteiger partial charge in [-0.15, -0.1) is 0 Å². The number of hydrogen-bond donors (Lipinski definition) is 2. The van der Waals surface area contributed by atoms with Crippen LogP contribution < -0.4 is 0 Å². The van der Waals surface area contributed by atoms with E-state index in [4.69, 9.17) is 19.7 Å². The minimum atomic E-state index is -0.728. The van der Waals surface area contributed by atoms with Gasteiger partial charge in [0, 0.05) is 18.6 Å². The van der Waals surface area contributed by atoms with Crippen LogP contribution in [-0.4, -0.2) is 42.3 Å². The first-order chi connectivity index (χ1) is 7.11. The molecule has 0 aromatic heterocycles. The molecule has 0 bridgehead atoms. The Morgan fingerprint density at radius 2 is 2.07 bits per heavy atom. The quantitative estimate of drug-likeness (QED) is 0.346. The van der Waals surface area contributed by atoms with Crippen molar-refractivity contribution in [3.8, 4) is 0 Å². The number of carbonyl (C=O) groups excluding carboxylic acids is 1. The van der Waals surface area contributed by atoms with E-state index in [9.17, 15) is 4.79 Å². The Balaban J connectivity index is 3.98. The fraction of sp³-hybridized carbons (Fsp3) is 0.700. The summed E-state index contributed by atoms with van der Waals surface area (Å²) in [6, 6.07) is 0. The first-order valence-corrected chi connectivity index (χ1v) is 4.81. The van der Waals surface area contributed by atoms with E-state index in [1.165, 1.54) is 6.92 Å². The van der Waals surface area contributed by atoms with Crippen LogP contribution in [0.25, 0.3) is 0 Å². The zero-order chi connectivity index (χ0) is 11.7. The van der Waals surface area contributed by atoms with Crippen molar-refractivity contribution in [3.05, 3.63) is 12.2 Å². The van der Waals surface area contributed by atoms with Gasteiger partial charge in [0.1, 0.15) is 0 Å². The van der Waals surface area contributed by atoms with E-state index in [1.54, 1.807) is 0 Å². The molecule has 0 aromatic rings. The van der Waals surface area contributed by atoms with Crippen molar-refractivity contribution < 1.29 is 24.5 Å². The van der Waals surface area contributed by atoms with Crippen molar-refractivity contribution in [3.63, 3.8) is 0 Å². The molecule has 0 aliphatic heterocycles. The summed E-state index contributed by atoms with van der Waals surface area (Å²) >= 11 is 0. The third-order valence-electron chi connectivity index (χ3n) is 1.58. The molecule has 0 spiro atoms. The van der Waals surface area contributed by atoms with Crippen LogP contribution in [0.5, 0.6) is 0 Å². The largest absolute Gasteiger partial charge is 0.432 e. The van der Waals surface area contributed by atoms with Crippen LogP contribution in [0.3, 0.4) is 0 Å². The second kappa shape index (κ2) is 8.40. The number of rotatable bonds is 8. The number of esters is 1. The Kier molecular flexibility index (Phi) is 7.89. The van der Waals surface area contributed by atoms with E-state index in [0.717, 1.165) is 0 Å². The van der Waals surface area contributed by atoms with Crippen LogP contribution in [0.4, 0.5) is 0 Å². The SMILES string of the molecule is C=C(C)C(=O)OC(CCCO)OCCO. The fourth-order valence-corrected chi connectivity index (χ4v) is 0.838. The van der Waals surface area contributed by atoms with Gasteiger partial charge in [0.25, 0.3) is 0 Å². The Morgan fingerprint density at radius 3 is 2.53 bits per heavy atom. The number of ether oxygens (including phenoxy) is 2. The molecule has 5 nitrogen and oxygen atoms in total. The lowest BCUT2D eigenvalue weighted by atomic mass is 10.3. The molecule has 0 rings (SSSR count). The van der Waals surface area contributed by atoms with Gasteiger partial charge in [-0.1, -0.05) is 6.58 Å². The van der Waals surface area contributed by atoms with Crippen LogP contribution in [-0.2, 0) is 14.3 Å². The van der Waals surface area contributed by atoms with Gasteiger partial charge in [-0.25, -0.2) is 4.79 Å². The van der Waals surface area contributed by atoms with E-state index in [2.05, 4.69) is 6.58 Å². The second-order valence-corrected chi connectivity index (χ2v) is 3.08. The average Bonchev–Trinajstić information content (AvgIpc) is 2.21. The van der Waals surface area contributed by atoms with Crippen molar-refractivity contribution in [1.82, 2.24) is 0 Å². The van der Waals surface area contributed by atoms with E-state index >= 15 is 0 Å². The third-order valence-corrected chi connectivity index (χ3v) is 1.58. The summed E-state index contributed by atoms with van der Waals surface area (Å²) in [5, 5.41) is 17.2. The highest BCUT2D eigenvalue weighted by atomic mass is 16.7. The van der Waals surface area contributed by atoms with Crippen LogP contribution in [0.15, 0.2) is 12.2 Å². The number of aliphatic hydroxyl groups is 2. The lowest BCUT2D eigenvalue weighted by molar-refractivity contribution is -0.177. The predicted molar refractivity (Wildman–Crippen MR) is 54.1 cm³/mol. The first-order valence-electron chi connectivity index (χ1n) is 4.81. The van der Waals surface area contributed by atoms with Crippen molar-refractivity contribution in [2.75, 3.05) is 19.8 Å². The molecule has 0 aliphatic carbocycles. The fourth-order valence-electron chi connectivity index (χ4n) is 0.838. The molecule has 0 radical (unpaired) electrons. The first kappa shape index (κ1) is 14.1. The van der Waals surface area contributed by atoms with E-state index in [0.29, 0.717) is 12.8 Å². The van der Waals surface area contributed by atoms with Crippen molar-refractivity contribution in [2.45, 2.75) is 26.1 Å². The van der Waals surface area contributed by atoms with Gasteiger partial charge in [0.2, 0.25) is 6.29 Å². The molecular weight excluding hydrogens is 200 g/mol. The maximum absolute atomic E-state index is 11.2. The highest BCUT2D eigenvalue weighted by Crippen LogP contribution is 2.07. The molecule has 2 N–H and O–H groups in total. The third kappa shape index (κ3) is 7.07. The second-order valence-electron chi connectivity index (χ2n) is 3.08. The molecule has 1 atom stereocenters. The summed E-state index contributed by atoms with van der Waals surface area (Å²) in [5.74, 6) is -0.532. The molecule has 0 saturated heterocycles. The Morgan fingerprint density at radius 1 is 1.40 bits per heavy atom. The van der Waals surface area contributed by atoms with E-state index in [-0.39, 0.29) is 25.4 Å². The molecule has 88 valence electrons. The van der Waals surface area contributed by atoms with Crippen LogP contribution in [0.2, 0.25) is 0 Å². The molecule has 1 unspecified atom stereocenters.